The minimum absolute atomic E-state index is 0.0125. The number of alkyl carbamates (subject to hydrolysis) is 1. The van der Waals surface area contributed by atoms with Gasteiger partial charge in [-0.25, -0.2) is 9.59 Å². The molecular formula is C47H64N6O9. The van der Waals surface area contributed by atoms with E-state index in [2.05, 4.69) is 26.6 Å². The Kier molecular flexibility index (Phi) is 19.4. The molecule has 5 N–H and O–H groups in total. The summed E-state index contributed by atoms with van der Waals surface area (Å²) < 4.78 is 16.8. The van der Waals surface area contributed by atoms with Crippen LogP contribution in [0.15, 0.2) is 84.9 Å². The zero-order valence-electron chi connectivity index (χ0n) is 36.8. The summed E-state index contributed by atoms with van der Waals surface area (Å²) in [5.41, 5.74) is 0.0965. The molecule has 1 aliphatic heterocycles. The highest BCUT2D eigenvalue weighted by molar-refractivity contribution is 6.01. The summed E-state index contributed by atoms with van der Waals surface area (Å²) in [6.07, 6.45) is 1.24. The maximum atomic E-state index is 15.7. The van der Waals surface area contributed by atoms with Crippen LogP contribution in [0.4, 0.5) is 9.59 Å². The Morgan fingerprint density at radius 1 is 0.839 bits per heavy atom. The minimum Gasteiger partial charge on any atom is -0.465 e. The number of amides is 6. The number of unbranched alkanes of at least 4 members (excludes halogenated alkanes) is 2. The van der Waals surface area contributed by atoms with E-state index in [0.717, 1.165) is 24.0 Å². The van der Waals surface area contributed by atoms with Crippen molar-refractivity contribution in [2.45, 2.75) is 89.8 Å². The summed E-state index contributed by atoms with van der Waals surface area (Å²) >= 11 is 0. The predicted octanol–water partition coefficient (Wildman–Crippen LogP) is 4.92. The Balaban J connectivity index is 1.90. The van der Waals surface area contributed by atoms with Crippen molar-refractivity contribution in [2.75, 3.05) is 53.0 Å². The molecule has 3 aromatic rings. The van der Waals surface area contributed by atoms with Gasteiger partial charge in [0.05, 0.1) is 26.2 Å². The average molecular weight is 857 g/mol. The number of esters is 1. The van der Waals surface area contributed by atoms with Gasteiger partial charge in [-0.05, 0) is 56.5 Å². The number of hydrogen-bond acceptors (Lipinski definition) is 10. The number of carbonyl (C=O) groups excluding carboxylic acids is 6. The third-order valence-corrected chi connectivity index (χ3v) is 10.4. The standard InChI is InChI=1S/C47H64N6O9/c1-6-7-10-23-40(54)52-47(31-36-21-15-16-22-38(36)35-19-13-9-14-20-35,37(33-61-41(55)24-25-48-5)32-49-45(59)62-46(2,3)4)43(57)50-39(30-34-17-11-8-12-18-34)42(56)51-44(58)53-26-28-60-29-27-53/h8-9,11-22,37,39,48H,6-7,10,23-33H2,1-5H3,(H,49,59)(H,50,57)(H,52,54)(H,51,56,58). The van der Waals surface area contributed by atoms with Gasteiger partial charge in [-0.2, -0.15) is 0 Å². The van der Waals surface area contributed by atoms with E-state index in [4.69, 9.17) is 14.2 Å². The second-order valence-corrected chi connectivity index (χ2v) is 16.4. The Bertz CT molecular complexity index is 1920. The van der Waals surface area contributed by atoms with Crippen LogP contribution >= 0.6 is 0 Å². The fourth-order valence-corrected chi connectivity index (χ4v) is 7.11. The third-order valence-electron chi connectivity index (χ3n) is 10.4. The Morgan fingerprint density at radius 3 is 2.16 bits per heavy atom. The lowest BCUT2D eigenvalue weighted by molar-refractivity contribution is -0.148. The van der Waals surface area contributed by atoms with Gasteiger partial charge in [0.25, 0.3) is 5.91 Å². The summed E-state index contributed by atoms with van der Waals surface area (Å²) in [6, 6.07) is 24.0. The summed E-state index contributed by atoms with van der Waals surface area (Å²) in [4.78, 5) is 85.5. The molecule has 3 atom stereocenters. The average Bonchev–Trinajstić information content (AvgIpc) is 3.25. The molecule has 3 unspecified atom stereocenters. The molecule has 0 bridgehead atoms. The first kappa shape index (κ1) is 48.9. The van der Waals surface area contributed by atoms with Crippen molar-refractivity contribution in [3.05, 3.63) is 96.1 Å². The summed E-state index contributed by atoms with van der Waals surface area (Å²) in [5.74, 6) is -3.73. The zero-order chi connectivity index (χ0) is 45.0. The first-order valence-corrected chi connectivity index (χ1v) is 21.5. The van der Waals surface area contributed by atoms with Gasteiger partial charge in [0.2, 0.25) is 11.8 Å². The van der Waals surface area contributed by atoms with Crippen molar-refractivity contribution < 1.29 is 43.0 Å². The van der Waals surface area contributed by atoms with E-state index < -0.39 is 65.5 Å². The largest absolute Gasteiger partial charge is 0.465 e. The molecule has 0 aliphatic carbocycles. The fourth-order valence-electron chi connectivity index (χ4n) is 7.11. The number of urea groups is 1. The molecule has 4 rings (SSSR count). The van der Waals surface area contributed by atoms with Crippen LogP contribution in [0.1, 0.15) is 70.9 Å². The fraction of sp³-hybridized carbons (Fsp3) is 0.489. The van der Waals surface area contributed by atoms with Crippen LogP contribution in [-0.4, -0.2) is 111 Å². The molecule has 3 aromatic carbocycles. The van der Waals surface area contributed by atoms with Gasteiger partial charge in [0, 0.05) is 51.4 Å². The molecule has 0 aromatic heterocycles. The first-order valence-electron chi connectivity index (χ1n) is 21.5. The van der Waals surface area contributed by atoms with E-state index in [-0.39, 0.29) is 45.3 Å². The van der Waals surface area contributed by atoms with Crippen LogP contribution in [0.3, 0.4) is 0 Å². The van der Waals surface area contributed by atoms with E-state index in [1.54, 1.807) is 52.1 Å². The number of ether oxygens (including phenoxy) is 3. The van der Waals surface area contributed by atoms with Gasteiger partial charge in [-0.3, -0.25) is 24.5 Å². The molecule has 0 saturated carbocycles. The van der Waals surface area contributed by atoms with Crippen LogP contribution in [0.5, 0.6) is 0 Å². The molecule has 1 heterocycles. The van der Waals surface area contributed by atoms with Crippen molar-refractivity contribution in [1.82, 2.24) is 31.5 Å². The SMILES string of the molecule is CCCCCC(=O)NC(Cc1ccccc1-c1ccccc1)(C(=O)NC(Cc1ccccc1)C(=O)NC(=O)N1CCOCC1)C(CNC(=O)OC(C)(C)C)COC(=O)CCNC. The van der Waals surface area contributed by atoms with Crippen LogP contribution in [0.2, 0.25) is 0 Å². The van der Waals surface area contributed by atoms with Crippen LogP contribution in [0, 0.1) is 5.92 Å². The van der Waals surface area contributed by atoms with Crippen LogP contribution in [0.25, 0.3) is 11.1 Å². The third kappa shape index (κ3) is 15.6. The van der Waals surface area contributed by atoms with Gasteiger partial charge < -0.3 is 40.4 Å². The topological polar surface area (TPSA) is 193 Å². The quantitative estimate of drug-likeness (QED) is 0.0726. The number of nitrogens with zero attached hydrogens (tertiary/aromatic N) is 1. The van der Waals surface area contributed by atoms with E-state index in [0.29, 0.717) is 37.3 Å². The Labute approximate surface area is 365 Å². The number of rotatable bonds is 21. The van der Waals surface area contributed by atoms with Crippen LogP contribution in [-0.2, 0) is 46.2 Å². The number of benzene rings is 3. The van der Waals surface area contributed by atoms with Crippen molar-refractivity contribution >= 4 is 35.8 Å². The lowest BCUT2D eigenvalue weighted by Crippen LogP contribution is -2.69. The Morgan fingerprint density at radius 2 is 1.50 bits per heavy atom. The van der Waals surface area contributed by atoms with E-state index in [1.807, 2.05) is 67.6 Å². The van der Waals surface area contributed by atoms with Crippen molar-refractivity contribution in [1.29, 1.82) is 0 Å². The van der Waals surface area contributed by atoms with Crippen molar-refractivity contribution in [3.8, 4) is 11.1 Å². The van der Waals surface area contributed by atoms with Crippen molar-refractivity contribution in [2.24, 2.45) is 5.92 Å². The van der Waals surface area contributed by atoms with E-state index >= 15 is 4.79 Å². The Hall–Kier alpha value is -5.80. The molecule has 1 saturated heterocycles. The molecule has 0 spiro atoms. The first-order chi connectivity index (χ1) is 29.7. The monoisotopic (exact) mass is 856 g/mol. The lowest BCUT2D eigenvalue weighted by atomic mass is 9.76. The number of morpholine rings is 1. The van der Waals surface area contributed by atoms with E-state index in [9.17, 15) is 24.0 Å². The van der Waals surface area contributed by atoms with E-state index in [1.165, 1.54) is 4.90 Å². The zero-order valence-corrected chi connectivity index (χ0v) is 36.8. The van der Waals surface area contributed by atoms with Gasteiger partial charge in [0.1, 0.15) is 17.2 Å². The number of carbonyl (C=O) groups is 6. The normalized spacial score (nSPS) is 14.6. The number of hydrogen-bond donors (Lipinski definition) is 5. The van der Waals surface area contributed by atoms with Gasteiger partial charge in [-0.15, -0.1) is 0 Å². The molecule has 15 nitrogen and oxygen atoms in total. The van der Waals surface area contributed by atoms with Crippen LogP contribution < -0.4 is 26.6 Å². The van der Waals surface area contributed by atoms with Gasteiger partial charge >= 0.3 is 18.1 Å². The van der Waals surface area contributed by atoms with Crippen molar-refractivity contribution in [3.63, 3.8) is 0 Å². The molecular weight excluding hydrogens is 793 g/mol. The summed E-state index contributed by atoms with van der Waals surface area (Å²) in [7, 11) is 1.70. The van der Waals surface area contributed by atoms with Gasteiger partial charge in [-0.1, -0.05) is 105 Å². The second-order valence-electron chi connectivity index (χ2n) is 16.4. The highest BCUT2D eigenvalue weighted by atomic mass is 16.6. The summed E-state index contributed by atoms with van der Waals surface area (Å²) in [6.45, 7) is 7.95. The highest BCUT2D eigenvalue weighted by Crippen LogP contribution is 2.32. The molecule has 6 amide bonds. The molecule has 1 aliphatic rings. The second kappa shape index (κ2) is 24.6. The molecule has 336 valence electrons. The smallest absolute Gasteiger partial charge is 0.407 e. The predicted molar refractivity (Wildman–Crippen MR) is 236 cm³/mol. The molecule has 62 heavy (non-hydrogen) atoms. The molecule has 1 fully saturated rings. The number of nitrogens with one attached hydrogen (secondary N) is 5. The molecule has 15 heteroatoms. The highest BCUT2D eigenvalue weighted by Gasteiger charge is 2.49. The van der Waals surface area contributed by atoms with Gasteiger partial charge in [0.15, 0.2) is 0 Å². The maximum absolute atomic E-state index is 15.7. The minimum atomic E-state index is -1.99. The lowest BCUT2D eigenvalue weighted by Gasteiger charge is -2.41. The molecule has 0 radical (unpaired) electrons. The maximum Gasteiger partial charge on any atom is 0.407 e. The number of imide groups is 1. The summed E-state index contributed by atoms with van der Waals surface area (Å²) in [5, 5.41) is 14.2.